The number of hydrogen-bond acceptors (Lipinski definition) is 4. The van der Waals surface area contributed by atoms with Gasteiger partial charge in [-0.05, 0) is 45.4 Å². The van der Waals surface area contributed by atoms with Crippen molar-refractivity contribution < 1.29 is 19.1 Å². The lowest BCUT2D eigenvalue weighted by atomic mass is 10.1. The molecule has 2 N–H and O–H groups in total. The number of aromatic nitrogens is 1. The van der Waals surface area contributed by atoms with Crippen LogP contribution in [0.4, 0.5) is 5.69 Å². The number of para-hydroxylation sites is 2. The molecule has 6 nitrogen and oxygen atoms in total. The van der Waals surface area contributed by atoms with Crippen LogP contribution in [0.5, 0.6) is 5.75 Å². The molecule has 0 unspecified atom stereocenters. The minimum absolute atomic E-state index is 0.225. The Bertz CT molecular complexity index is 762. The maximum absolute atomic E-state index is 12.6. The highest BCUT2D eigenvalue weighted by Crippen LogP contribution is 2.25. The van der Waals surface area contributed by atoms with Gasteiger partial charge in [-0.2, -0.15) is 0 Å². The molecule has 1 aromatic heterocycles. The number of ether oxygens (including phenoxy) is 2. The van der Waals surface area contributed by atoms with Crippen LogP contribution < -0.4 is 10.1 Å². The summed E-state index contributed by atoms with van der Waals surface area (Å²) >= 11 is 0. The van der Waals surface area contributed by atoms with Crippen molar-refractivity contribution in [1.82, 2.24) is 4.98 Å². The van der Waals surface area contributed by atoms with Crippen LogP contribution in [-0.2, 0) is 4.74 Å². The number of amides is 1. The molecule has 6 heteroatoms. The number of rotatable bonds is 5. The Labute approximate surface area is 141 Å². The summed E-state index contributed by atoms with van der Waals surface area (Å²) in [6, 6.07) is 7.12. The van der Waals surface area contributed by atoms with Crippen LogP contribution in [0.15, 0.2) is 24.3 Å². The molecule has 0 saturated carbocycles. The summed E-state index contributed by atoms with van der Waals surface area (Å²) in [6.45, 7) is 7.02. The Morgan fingerprint density at radius 1 is 1.17 bits per heavy atom. The zero-order chi connectivity index (χ0) is 17.9. The fraction of sp³-hybridized carbons (Fsp3) is 0.333. The summed E-state index contributed by atoms with van der Waals surface area (Å²) in [4.78, 5) is 27.7. The topological polar surface area (TPSA) is 80.4 Å². The number of carbonyl (C=O) groups is 2. The second kappa shape index (κ2) is 7.21. The third-order valence-corrected chi connectivity index (χ3v) is 3.57. The Morgan fingerprint density at radius 3 is 2.46 bits per heavy atom. The first kappa shape index (κ1) is 17.6. The van der Waals surface area contributed by atoms with E-state index < -0.39 is 5.97 Å². The van der Waals surface area contributed by atoms with E-state index in [2.05, 4.69) is 10.3 Å². The number of methoxy groups -OCH3 is 1. The molecule has 2 rings (SSSR count). The van der Waals surface area contributed by atoms with Gasteiger partial charge in [0, 0.05) is 5.69 Å². The van der Waals surface area contributed by atoms with Crippen molar-refractivity contribution in [2.75, 3.05) is 12.4 Å². The molecule has 0 bridgehead atoms. The number of nitrogens with one attached hydrogen (secondary N) is 2. The lowest BCUT2D eigenvalue weighted by Gasteiger charge is -2.10. The highest BCUT2D eigenvalue weighted by atomic mass is 16.5. The lowest BCUT2D eigenvalue weighted by Crippen LogP contribution is -2.15. The second-order valence-corrected chi connectivity index (χ2v) is 5.73. The van der Waals surface area contributed by atoms with Gasteiger partial charge in [-0.1, -0.05) is 12.1 Å². The fourth-order valence-corrected chi connectivity index (χ4v) is 2.49. The molecule has 0 aliphatic heterocycles. The van der Waals surface area contributed by atoms with E-state index in [4.69, 9.17) is 9.47 Å². The zero-order valence-corrected chi connectivity index (χ0v) is 14.5. The summed E-state index contributed by atoms with van der Waals surface area (Å²) in [5.41, 5.74) is 2.44. The molecule has 0 saturated heterocycles. The van der Waals surface area contributed by atoms with Gasteiger partial charge >= 0.3 is 5.97 Å². The van der Waals surface area contributed by atoms with Gasteiger partial charge in [0.25, 0.3) is 5.91 Å². The van der Waals surface area contributed by atoms with E-state index in [0.717, 1.165) is 0 Å². The first-order valence-electron chi connectivity index (χ1n) is 7.69. The molecular weight excluding hydrogens is 308 g/mol. The zero-order valence-electron chi connectivity index (χ0n) is 14.5. The number of benzene rings is 1. The minimum Gasteiger partial charge on any atom is -0.495 e. The summed E-state index contributed by atoms with van der Waals surface area (Å²) in [5, 5.41) is 2.79. The largest absolute Gasteiger partial charge is 0.495 e. The van der Waals surface area contributed by atoms with E-state index in [1.165, 1.54) is 7.11 Å². The Balaban J connectivity index is 2.29. The smallest absolute Gasteiger partial charge is 0.340 e. The molecule has 0 spiro atoms. The molecule has 1 amide bonds. The van der Waals surface area contributed by atoms with Crippen molar-refractivity contribution in [1.29, 1.82) is 0 Å². The molecule has 0 radical (unpaired) electrons. The summed E-state index contributed by atoms with van der Waals surface area (Å²) in [5.74, 6) is -0.220. The van der Waals surface area contributed by atoms with Crippen molar-refractivity contribution in [3.63, 3.8) is 0 Å². The summed E-state index contributed by atoms with van der Waals surface area (Å²) in [7, 11) is 1.54. The number of aryl methyl sites for hydroxylation is 1. The molecular formula is C18H22N2O4. The molecule has 0 aliphatic rings. The maximum Gasteiger partial charge on any atom is 0.340 e. The van der Waals surface area contributed by atoms with E-state index in [1.807, 2.05) is 6.07 Å². The Hall–Kier alpha value is -2.76. The molecule has 1 aromatic carbocycles. The highest BCUT2D eigenvalue weighted by molar-refractivity contribution is 6.07. The van der Waals surface area contributed by atoms with Crippen molar-refractivity contribution in [2.24, 2.45) is 0 Å². The van der Waals surface area contributed by atoms with Gasteiger partial charge in [-0.25, -0.2) is 4.79 Å². The second-order valence-electron chi connectivity index (χ2n) is 5.73. The fourth-order valence-electron chi connectivity index (χ4n) is 2.49. The van der Waals surface area contributed by atoms with Crippen LogP contribution in [0.25, 0.3) is 0 Å². The first-order chi connectivity index (χ1) is 11.3. The highest BCUT2D eigenvalue weighted by Gasteiger charge is 2.24. The van der Waals surface area contributed by atoms with E-state index in [-0.39, 0.29) is 12.0 Å². The van der Waals surface area contributed by atoms with Crippen LogP contribution in [0.1, 0.15) is 46.0 Å². The summed E-state index contributed by atoms with van der Waals surface area (Å²) < 4.78 is 10.5. The van der Waals surface area contributed by atoms with Crippen LogP contribution in [-0.4, -0.2) is 30.1 Å². The number of carbonyl (C=O) groups excluding carboxylic acids is 2. The molecule has 0 aliphatic carbocycles. The number of H-pyrrole nitrogens is 1. The van der Waals surface area contributed by atoms with Crippen molar-refractivity contribution in [3.05, 3.63) is 46.8 Å². The monoisotopic (exact) mass is 330 g/mol. The Morgan fingerprint density at radius 2 is 1.83 bits per heavy atom. The SMILES string of the molecule is COc1ccccc1NC(=O)c1[nH]c(C)c(C(=O)OC(C)C)c1C. The van der Waals surface area contributed by atoms with E-state index >= 15 is 0 Å². The van der Waals surface area contributed by atoms with Gasteiger partial charge in [0.2, 0.25) is 0 Å². The van der Waals surface area contributed by atoms with E-state index in [0.29, 0.717) is 34.0 Å². The average molecular weight is 330 g/mol. The number of aromatic amines is 1. The first-order valence-corrected chi connectivity index (χ1v) is 7.69. The van der Waals surface area contributed by atoms with E-state index in [1.54, 1.807) is 45.9 Å². The predicted molar refractivity (Wildman–Crippen MR) is 91.8 cm³/mol. The van der Waals surface area contributed by atoms with Crippen molar-refractivity contribution in [2.45, 2.75) is 33.8 Å². The third kappa shape index (κ3) is 3.59. The van der Waals surface area contributed by atoms with Gasteiger partial charge < -0.3 is 19.8 Å². The van der Waals surface area contributed by atoms with Gasteiger partial charge in [-0.3, -0.25) is 4.79 Å². The van der Waals surface area contributed by atoms with Crippen LogP contribution in [0, 0.1) is 13.8 Å². The predicted octanol–water partition coefficient (Wildman–Crippen LogP) is 3.46. The molecule has 1 heterocycles. The standard InChI is InChI=1S/C18H22N2O4/c1-10(2)24-18(22)15-11(3)16(19-12(15)4)17(21)20-13-8-6-7-9-14(13)23-5/h6-10,19H,1-5H3,(H,20,21). The molecule has 0 fully saturated rings. The van der Waals surface area contributed by atoms with Crippen LogP contribution in [0.2, 0.25) is 0 Å². The molecule has 2 aromatic rings. The molecule has 0 atom stereocenters. The average Bonchev–Trinajstić information content (AvgIpc) is 2.82. The number of hydrogen-bond donors (Lipinski definition) is 2. The normalized spacial score (nSPS) is 10.6. The van der Waals surface area contributed by atoms with Gasteiger partial charge in [0.1, 0.15) is 11.4 Å². The van der Waals surface area contributed by atoms with Gasteiger partial charge in [0.05, 0.1) is 24.5 Å². The minimum atomic E-state index is -0.437. The summed E-state index contributed by atoms with van der Waals surface area (Å²) in [6.07, 6.45) is -0.225. The third-order valence-electron chi connectivity index (χ3n) is 3.57. The van der Waals surface area contributed by atoms with Crippen molar-refractivity contribution in [3.8, 4) is 5.75 Å². The molecule has 128 valence electrons. The maximum atomic E-state index is 12.6. The number of anilines is 1. The van der Waals surface area contributed by atoms with Gasteiger partial charge in [-0.15, -0.1) is 0 Å². The van der Waals surface area contributed by atoms with Crippen LogP contribution >= 0.6 is 0 Å². The van der Waals surface area contributed by atoms with E-state index in [9.17, 15) is 9.59 Å². The molecule has 24 heavy (non-hydrogen) atoms. The van der Waals surface area contributed by atoms with Crippen LogP contribution in [0.3, 0.4) is 0 Å². The van der Waals surface area contributed by atoms with Crippen molar-refractivity contribution >= 4 is 17.6 Å². The Kier molecular flexibility index (Phi) is 5.28. The van der Waals surface area contributed by atoms with Gasteiger partial charge in [0.15, 0.2) is 0 Å². The lowest BCUT2D eigenvalue weighted by molar-refractivity contribution is 0.0376. The quantitative estimate of drug-likeness (QED) is 0.823. The number of esters is 1.